The van der Waals surface area contributed by atoms with Crippen molar-refractivity contribution in [1.29, 1.82) is 0 Å². The number of nitrogens with two attached hydrogens (primary N) is 2. The van der Waals surface area contributed by atoms with Crippen LogP contribution in [0.2, 0.25) is 0 Å². The molecule has 5 N–H and O–H groups in total. The number of hydrogen-bond donors (Lipinski definition) is 3. The smallest absolute Gasteiger partial charge is 0.407 e. The van der Waals surface area contributed by atoms with E-state index in [0.29, 0.717) is 45.9 Å². The number of nitrogens with zero attached hydrogens (tertiary/aromatic N) is 1. The Hall–Kier alpha value is -1.38. The van der Waals surface area contributed by atoms with E-state index in [1.54, 1.807) is 25.7 Å². The van der Waals surface area contributed by atoms with Crippen LogP contribution in [0.5, 0.6) is 0 Å². The number of ether oxygens (including phenoxy) is 2. The zero-order valence-electron chi connectivity index (χ0n) is 13.9. The molecule has 0 aliphatic heterocycles. The summed E-state index contributed by atoms with van der Waals surface area (Å²) in [6.45, 7) is 8.14. The third kappa shape index (κ3) is 11.3. The summed E-state index contributed by atoms with van der Waals surface area (Å²) in [4.78, 5) is 24.9. The summed E-state index contributed by atoms with van der Waals surface area (Å²) in [6, 6.07) is 0. The molecule has 0 aliphatic carbocycles. The lowest BCUT2D eigenvalue weighted by Gasteiger charge is -2.21. The fourth-order valence-electron chi connectivity index (χ4n) is 1.63. The van der Waals surface area contributed by atoms with E-state index in [2.05, 4.69) is 5.32 Å². The lowest BCUT2D eigenvalue weighted by molar-refractivity contribution is -0.132. The average Bonchev–Trinajstić information content (AvgIpc) is 2.40. The maximum absolute atomic E-state index is 11.9. The van der Waals surface area contributed by atoms with Gasteiger partial charge in [0.1, 0.15) is 5.60 Å². The van der Waals surface area contributed by atoms with Crippen molar-refractivity contribution >= 4 is 12.0 Å². The summed E-state index contributed by atoms with van der Waals surface area (Å²) in [6.07, 6.45) is -0.212. The minimum Gasteiger partial charge on any atom is -0.444 e. The fraction of sp³-hybridized carbons (Fsp3) is 0.857. The minimum absolute atomic E-state index is 0.0315. The zero-order chi connectivity index (χ0) is 17.0. The number of nitrogens with one attached hydrogen (secondary N) is 1. The van der Waals surface area contributed by atoms with Gasteiger partial charge in [0.2, 0.25) is 5.91 Å². The summed E-state index contributed by atoms with van der Waals surface area (Å²) >= 11 is 0. The second-order valence-corrected chi connectivity index (χ2v) is 5.75. The molecule has 2 amide bonds. The SMILES string of the molecule is CC(C)(C)OC(=O)NCCOCCC(=O)N(CCN)CCN. The molecule has 0 radical (unpaired) electrons. The van der Waals surface area contributed by atoms with Gasteiger partial charge in [-0.2, -0.15) is 0 Å². The van der Waals surface area contributed by atoms with Gasteiger partial charge in [-0.15, -0.1) is 0 Å². The van der Waals surface area contributed by atoms with E-state index in [4.69, 9.17) is 20.9 Å². The summed E-state index contributed by atoms with van der Waals surface area (Å²) in [7, 11) is 0. The third-order valence-electron chi connectivity index (χ3n) is 2.53. The highest BCUT2D eigenvalue weighted by atomic mass is 16.6. The van der Waals surface area contributed by atoms with Crippen molar-refractivity contribution in [3.8, 4) is 0 Å². The second-order valence-electron chi connectivity index (χ2n) is 5.75. The van der Waals surface area contributed by atoms with E-state index in [-0.39, 0.29) is 12.3 Å². The van der Waals surface area contributed by atoms with Crippen LogP contribution >= 0.6 is 0 Å². The normalized spacial score (nSPS) is 11.1. The highest BCUT2D eigenvalue weighted by molar-refractivity contribution is 5.76. The Morgan fingerprint density at radius 3 is 2.18 bits per heavy atom. The van der Waals surface area contributed by atoms with Crippen molar-refractivity contribution in [2.45, 2.75) is 32.8 Å². The molecule has 0 saturated heterocycles. The topological polar surface area (TPSA) is 120 Å². The molecule has 0 aliphatic rings. The molecule has 22 heavy (non-hydrogen) atoms. The first kappa shape index (κ1) is 20.6. The van der Waals surface area contributed by atoms with E-state index in [0.717, 1.165) is 0 Å². The Kier molecular flexibility index (Phi) is 10.5. The molecular weight excluding hydrogens is 288 g/mol. The molecule has 0 saturated carbocycles. The molecule has 0 aromatic heterocycles. The Labute approximate surface area is 132 Å². The van der Waals surface area contributed by atoms with Crippen LogP contribution in [-0.2, 0) is 14.3 Å². The van der Waals surface area contributed by atoms with Gasteiger partial charge in [0, 0.05) is 32.7 Å². The van der Waals surface area contributed by atoms with Crippen LogP contribution in [0, 0.1) is 0 Å². The fourth-order valence-corrected chi connectivity index (χ4v) is 1.63. The van der Waals surface area contributed by atoms with Crippen molar-refractivity contribution in [2.24, 2.45) is 11.5 Å². The standard InChI is InChI=1S/C14H30N4O4/c1-14(2,3)22-13(20)17-7-11-21-10-4-12(19)18(8-5-15)9-6-16/h4-11,15-16H2,1-3H3,(H,17,20). The Bertz CT molecular complexity index is 325. The number of hydrogen-bond acceptors (Lipinski definition) is 6. The van der Waals surface area contributed by atoms with E-state index < -0.39 is 11.7 Å². The van der Waals surface area contributed by atoms with E-state index in [1.165, 1.54) is 0 Å². The van der Waals surface area contributed by atoms with Crippen LogP contribution in [-0.4, -0.2) is 68.4 Å². The molecule has 0 rings (SSSR count). The van der Waals surface area contributed by atoms with Crippen molar-refractivity contribution in [1.82, 2.24) is 10.2 Å². The van der Waals surface area contributed by atoms with E-state index >= 15 is 0 Å². The van der Waals surface area contributed by atoms with Gasteiger partial charge in [0.05, 0.1) is 19.6 Å². The van der Waals surface area contributed by atoms with E-state index in [9.17, 15) is 9.59 Å². The number of amides is 2. The van der Waals surface area contributed by atoms with Gasteiger partial charge in [-0.05, 0) is 20.8 Å². The van der Waals surface area contributed by atoms with Crippen molar-refractivity contribution in [2.75, 3.05) is 45.9 Å². The van der Waals surface area contributed by atoms with Crippen molar-refractivity contribution in [3.63, 3.8) is 0 Å². The predicted molar refractivity (Wildman–Crippen MR) is 84.4 cm³/mol. The van der Waals surface area contributed by atoms with Gasteiger partial charge >= 0.3 is 6.09 Å². The molecule has 8 heteroatoms. The van der Waals surface area contributed by atoms with Crippen LogP contribution in [0.15, 0.2) is 0 Å². The molecule has 0 heterocycles. The minimum atomic E-state index is -0.521. The largest absolute Gasteiger partial charge is 0.444 e. The van der Waals surface area contributed by atoms with Gasteiger partial charge < -0.3 is 31.2 Å². The number of rotatable bonds is 10. The van der Waals surface area contributed by atoms with Gasteiger partial charge in [-0.25, -0.2) is 4.79 Å². The van der Waals surface area contributed by atoms with Gasteiger partial charge in [0.25, 0.3) is 0 Å². The Balaban J connectivity index is 3.71. The molecule has 0 spiro atoms. The third-order valence-corrected chi connectivity index (χ3v) is 2.53. The van der Waals surface area contributed by atoms with Crippen LogP contribution in [0.1, 0.15) is 27.2 Å². The van der Waals surface area contributed by atoms with Crippen molar-refractivity contribution in [3.05, 3.63) is 0 Å². The molecule has 0 bridgehead atoms. The molecule has 130 valence electrons. The van der Waals surface area contributed by atoms with Gasteiger partial charge in [-0.3, -0.25) is 4.79 Å². The highest BCUT2D eigenvalue weighted by Crippen LogP contribution is 2.06. The number of alkyl carbamates (subject to hydrolysis) is 1. The molecule has 0 unspecified atom stereocenters. The lowest BCUT2D eigenvalue weighted by Crippen LogP contribution is -2.39. The second kappa shape index (κ2) is 11.2. The number of carbonyl (C=O) groups excluding carboxylic acids is 2. The Morgan fingerprint density at radius 2 is 1.68 bits per heavy atom. The summed E-state index contributed by atoms with van der Waals surface area (Å²) < 4.78 is 10.4. The van der Waals surface area contributed by atoms with Crippen LogP contribution in [0.4, 0.5) is 4.79 Å². The summed E-state index contributed by atoms with van der Waals surface area (Å²) in [5, 5.41) is 2.58. The maximum Gasteiger partial charge on any atom is 0.407 e. The Morgan fingerprint density at radius 1 is 1.09 bits per heavy atom. The van der Waals surface area contributed by atoms with Gasteiger partial charge in [0.15, 0.2) is 0 Å². The summed E-state index contributed by atoms with van der Waals surface area (Å²) in [5.74, 6) is -0.0315. The molecule has 0 aromatic carbocycles. The molecular formula is C14H30N4O4. The lowest BCUT2D eigenvalue weighted by atomic mass is 10.2. The van der Waals surface area contributed by atoms with E-state index in [1.807, 2.05) is 0 Å². The van der Waals surface area contributed by atoms with Crippen molar-refractivity contribution < 1.29 is 19.1 Å². The zero-order valence-corrected chi connectivity index (χ0v) is 13.9. The first-order chi connectivity index (χ1) is 10.3. The first-order valence-corrected chi connectivity index (χ1v) is 7.52. The van der Waals surface area contributed by atoms with Crippen LogP contribution in [0.25, 0.3) is 0 Å². The number of carbonyl (C=O) groups is 2. The average molecular weight is 318 g/mol. The quantitative estimate of drug-likeness (QED) is 0.474. The summed E-state index contributed by atoms with van der Waals surface area (Å²) in [5.41, 5.74) is 10.4. The highest BCUT2D eigenvalue weighted by Gasteiger charge is 2.15. The van der Waals surface area contributed by atoms with Crippen LogP contribution in [0.3, 0.4) is 0 Å². The first-order valence-electron chi connectivity index (χ1n) is 7.52. The monoisotopic (exact) mass is 318 g/mol. The molecule has 0 aromatic rings. The van der Waals surface area contributed by atoms with Gasteiger partial charge in [-0.1, -0.05) is 0 Å². The molecule has 8 nitrogen and oxygen atoms in total. The van der Waals surface area contributed by atoms with Crippen LogP contribution < -0.4 is 16.8 Å². The maximum atomic E-state index is 11.9. The molecule has 0 atom stereocenters. The predicted octanol–water partition coefficient (Wildman–Crippen LogP) is -0.336. The molecule has 0 fully saturated rings.